The molecule has 0 saturated heterocycles. The third kappa shape index (κ3) is 2050. The van der Waals surface area contributed by atoms with Gasteiger partial charge in [0.05, 0.1) is 30.5 Å². The van der Waals surface area contributed by atoms with E-state index in [1.54, 1.807) is 0 Å². The summed E-state index contributed by atoms with van der Waals surface area (Å²) >= 11 is 0. The standard InChI is InChI=1S/2Gd.6NO3/c;;6*2-1(3)4/q2*+3;6*-1. The summed E-state index contributed by atoms with van der Waals surface area (Å²) in [5, 5.41) is 88.5. The first-order valence-corrected chi connectivity index (χ1v) is 3.29. The molecule has 0 aliphatic heterocycles. The van der Waals surface area contributed by atoms with E-state index in [0.29, 0.717) is 0 Å². The fourth-order valence-electron chi connectivity index (χ4n) is 0. The van der Waals surface area contributed by atoms with E-state index in [-0.39, 0.29) is 79.9 Å². The molecule has 0 aliphatic carbocycles. The first-order chi connectivity index (χ1) is 10.4. The van der Waals surface area contributed by atoms with Crippen molar-refractivity contribution in [2.24, 2.45) is 0 Å². The Morgan fingerprint density at radius 2 is 0.269 bits per heavy atom. The molecule has 26 heteroatoms. The van der Waals surface area contributed by atoms with E-state index in [1.807, 2.05) is 0 Å². The minimum Gasteiger partial charge on any atom is -0.356 e. The Kier molecular flexibility index (Phi) is 82.8. The van der Waals surface area contributed by atoms with Crippen LogP contribution in [0.4, 0.5) is 0 Å². The Labute approximate surface area is 200 Å². The second-order valence-corrected chi connectivity index (χ2v) is 1.34. The van der Waals surface area contributed by atoms with Crippen LogP contribution in [0.5, 0.6) is 0 Å². The van der Waals surface area contributed by atoms with Crippen LogP contribution in [0.1, 0.15) is 0 Å². The largest absolute Gasteiger partial charge is 3.00 e. The molecule has 26 heavy (non-hydrogen) atoms. The quantitative estimate of drug-likeness (QED) is 0.208. The Morgan fingerprint density at radius 1 is 0.269 bits per heavy atom. The van der Waals surface area contributed by atoms with E-state index in [2.05, 4.69) is 0 Å². The molecule has 0 atom stereocenters. The summed E-state index contributed by atoms with van der Waals surface area (Å²) < 4.78 is 0. The molecular formula is Gd2N6O18. The van der Waals surface area contributed by atoms with Gasteiger partial charge in [-0.25, -0.2) is 0 Å². The molecule has 0 aliphatic rings. The average molecular weight is 687 g/mol. The van der Waals surface area contributed by atoms with Crippen LogP contribution in [-0.4, -0.2) is 30.5 Å². The second-order valence-electron chi connectivity index (χ2n) is 1.34. The van der Waals surface area contributed by atoms with Crippen molar-refractivity contribution in [1.29, 1.82) is 0 Å². The van der Waals surface area contributed by atoms with Gasteiger partial charge in [0.1, 0.15) is 0 Å². The van der Waals surface area contributed by atoms with Gasteiger partial charge in [-0.15, -0.1) is 0 Å². The van der Waals surface area contributed by atoms with Gasteiger partial charge in [0.15, 0.2) is 0 Å². The van der Waals surface area contributed by atoms with Crippen LogP contribution in [0.15, 0.2) is 0 Å². The Bertz CT molecular complexity index is 261. The maximum absolute atomic E-state index is 8.25. The molecule has 0 aromatic rings. The molecule has 0 saturated carbocycles. The number of rotatable bonds is 0. The first kappa shape index (κ1) is 49.6. The molecule has 0 rings (SSSR count). The summed E-state index contributed by atoms with van der Waals surface area (Å²) in [6, 6.07) is 0. The van der Waals surface area contributed by atoms with Crippen LogP contribution in [0, 0.1) is 172 Å². The molecule has 2 radical (unpaired) electrons. The van der Waals surface area contributed by atoms with E-state index in [9.17, 15) is 0 Å². The van der Waals surface area contributed by atoms with Crippen LogP contribution in [0.25, 0.3) is 0 Å². The topological polar surface area (TPSA) is 397 Å². The van der Waals surface area contributed by atoms with Gasteiger partial charge < -0.3 is 91.9 Å². The summed E-state index contributed by atoms with van der Waals surface area (Å²) in [6.45, 7) is 0. The fourth-order valence-corrected chi connectivity index (χ4v) is 0. The normalized spacial score (nSPS) is 5.54. The van der Waals surface area contributed by atoms with Gasteiger partial charge in [-0.1, -0.05) is 0 Å². The van der Waals surface area contributed by atoms with Gasteiger partial charge in [0.2, 0.25) is 0 Å². The smallest absolute Gasteiger partial charge is 0.356 e. The van der Waals surface area contributed by atoms with Crippen molar-refractivity contribution >= 4 is 0 Å². The van der Waals surface area contributed by atoms with Gasteiger partial charge >= 0.3 is 79.9 Å². The summed E-state index contributed by atoms with van der Waals surface area (Å²) in [7, 11) is 0. The molecule has 0 spiro atoms. The molecular weight excluding hydrogens is 687 g/mol. The van der Waals surface area contributed by atoms with Crippen LogP contribution in [0.2, 0.25) is 0 Å². The van der Waals surface area contributed by atoms with E-state index >= 15 is 0 Å². The number of nitrogens with zero attached hydrogens (tertiary/aromatic N) is 6. The first-order valence-electron chi connectivity index (χ1n) is 3.29. The van der Waals surface area contributed by atoms with Crippen molar-refractivity contribution in [3.63, 3.8) is 0 Å². The van der Waals surface area contributed by atoms with E-state index in [1.165, 1.54) is 0 Å². The fraction of sp³-hybridized carbons (Fsp3) is 0. The van der Waals surface area contributed by atoms with E-state index in [4.69, 9.17) is 91.9 Å². The molecule has 0 N–H and O–H groups in total. The van der Waals surface area contributed by atoms with Crippen molar-refractivity contribution in [2.75, 3.05) is 0 Å². The zero-order chi connectivity index (χ0) is 21.5. The van der Waals surface area contributed by atoms with Crippen LogP contribution in [0.3, 0.4) is 0 Å². The van der Waals surface area contributed by atoms with Gasteiger partial charge in [-0.2, -0.15) is 0 Å². The van der Waals surface area contributed by atoms with Crippen LogP contribution < -0.4 is 0 Å². The molecule has 0 bridgehead atoms. The average Bonchev–Trinajstić information content (AvgIpc) is 2.08. The summed E-state index contributed by atoms with van der Waals surface area (Å²) in [4.78, 5) is 49.5. The molecule has 154 valence electrons. The summed E-state index contributed by atoms with van der Waals surface area (Å²) in [6.07, 6.45) is 0. The van der Waals surface area contributed by atoms with Crippen molar-refractivity contribution in [1.82, 2.24) is 0 Å². The molecule has 0 aromatic heterocycles. The summed E-state index contributed by atoms with van der Waals surface area (Å²) in [5.74, 6) is 0. The second kappa shape index (κ2) is 43.4. The zero-order valence-electron chi connectivity index (χ0n) is 10.7. The SMILES string of the molecule is O=[N+]([O-])[O-].O=[N+]([O-])[O-].O=[N+]([O-])[O-].O=[N+]([O-])[O-].O=[N+]([O-])[O-].O=[N+]([O-])[O-].[Gd+3].[Gd+3]. The zero-order valence-corrected chi connectivity index (χ0v) is 15.3. The van der Waals surface area contributed by atoms with Crippen molar-refractivity contribution < 1.29 is 110 Å². The Balaban J connectivity index is -0.0000000245. The van der Waals surface area contributed by atoms with Gasteiger partial charge in [0, 0.05) is 0 Å². The monoisotopic (exact) mass is 688 g/mol. The predicted octanol–water partition coefficient (Wildman–Crippen LogP) is -1.43. The Hall–Kier alpha value is -2.15. The number of hydrogen-bond acceptors (Lipinski definition) is 18. The summed E-state index contributed by atoms with van der Waals surface area (Å²) in [5.41, 5.74) is 0. The van der Waals surface area contributed by atoms with Crippen LogP contribution >= 0.6 is 0 Å². The maximum atomic E-state index is 8.25. The molecule has 0 amide bonds. The molecule has 0 fully saturated rings. The number of hydrogen-bond donors (Lipinski definition) is 0. The van der Waals surface area contributed by atoms with Crippen molar-refractivity contribution in [3.8, 4) is 0 Å². The van der Waals surface area contributed by atoms with Crippen molar-refractivity contribution in [2.45, 2.75) is 0 Å². The molecule has 0 heterocycles. The molecule has 0 aromatic carbocycles. The third-order valence-electron chi connectivity index (χ3n) is 0. The van der Waals surface area contributed by atoms with Crippen molar-refractivity contribution in [3.05, 3.63) is 91.9 Å². The van der Waals surface area contributed by atoms with E-state index < -0.39 is 30.5 Å². The predicted molar refractivity (Wildman–Crippen MR) is 62.2 cm³/mol. The molecule has 0 unspecified atom stereocenters. The third-order valence-corrected chi connectivity index (χ3v) is 0. The van der Waals surface area contributed by atoms with Gasteiger partial charge in [0.25, 0.3) is 0 Å². The van der Waals surface area contributed by atoms with Crippen LogP contribution in [-0.2, 0) is 0 Å². The van der Waals surface area contributed by atoms with E-state index in [0.717, 1.165) is 0 Å². The van der Waals surface area contributed by atoms with Gasteiger partial charge in [-0.05, 0) is 0 Å². The van der Waals surface area contributed by atoms with Gasteiger partial charge in [-0.3, -0.25) is 0 Å². The maximum Gasteiger partial charge on any atom is 3.00 e. The minimum atomic E-state index is -1.75. The Morgan fingerprint density at radius 3 is 0.269 bits per heavy atom. The minimum absolute atomic E-state index is 0. The molecule has 24 nitrogen and oxygen atoms in total.